The van der Waals surface area contributed by atoms with E-state index in [9.17, 15) is 31.1 Å². The molecule has 2 bridgehead atoms. The minimum absolute atomic E-state index is 0.238. The first-order chi connectivity index (χ1) is 9.53. The molecule has 0 aliphatic heterocycles. The molecule has 0 aromatic carbocycles. The summed E-state index contributed by atoms with van der Waals surface area (Å²) in [6.07, 6.45) is -9.02. The van der Waals surface area contributed by atoms with Gasteiger partial charge in [0.05, 0.1) is 0 Å². The van der Waals surface area contributed by atoms with E-state index >= 15 is 0 Å². The first-order valence-corrected chi connectivity index (χ1v) is 6.56. The van der Waals surface area contributed by atoms with E-state index < -0.39 is 42.2 Å². The Bertz CT molecular complexity index is 437. The van der Waals surface area contributed by atoms with Crippen LogP contribution < -0.4 is 0 Å². The van der Waals surface area contributed by atoms with Gasteiger partial charge in [-0.3, -0.25) is 4.79 Å². The summed E-state index contributed by atoms with van der Waals surface area (Å²) >= 11 is 0. The third-order valence-electron chi connectivity index (χ3n) is 4.21. The van der Waals surface area contributed by atoms with Crippen LogP contribution in [0.4, 0.5) is 26.3 Å². The first kappa shape index (κ1) is 16.2. The molecule has 21 heavy (non-hydrogen) atoms. The Balaban J connectivity index is 2.50. The second-order valence-electron chi connectivity index (χ2n) is 5.45. The molecule has 0 radical (unpaired) electrons. The maximum Gasteiger partial charge on any atom is 0.437 e. The number of rotatable bonds is 3. The van der Waals surface area contributed by atoms with E-state index in [1.54, 1.807) is 6.08 Å². The SMILES string of the molecule is CCC(=O)OC(C1CC2C=CC1C2)(C(F)(F)F)C(F)(F)F. The molecule has 2 aliphatic rings. The Kier molecular flexibility index (Phi) is 3.78. The van der Waals surface area contributed by atoms with E-state index in [0.29, 0.717) is 0 Å². The lowest BCUT2D eigenvalue weighted by Gasteiger charge is -2.42. The van der Waals surface area contributed by atoms with Gasteiger partial charge in [0, 0.05) is 12.3 Å². The topological polar surface area (TPSA) is 26.3 Å². The Morgan fingerprint density at radius 1 is 1.10 bits per heavy atom. The number of halogens is 6. The summed E-state index contributed by atoms with van der Waals surface area (Å²) in [6, 6.07) is 0. The molecule has 1 fully saturated rings. The zero-order chi connectivity index (χ0) is 16.1. The fourth-order valence-corrected chi connectivity index (χ4v) is 3.27. The molecule has 8 heteroatoms. The number of carbonyl (C=O) groups excluding carboxylic acids is 1. The average molecular weight is 316 g/mol. The molecule has 1 saturated carbocycles. The third kappa shape index (κ3) is 2.42. The van der Waals surface area contributed by atoms with Crippen LogP contribution in [0.2, 0.25) is 0 Å². The second kappa shape index (κ2) is 4.91. The van der Waals surface area contributed by atoms with Crippen molar-refractivity contribution in [3.05, 3.63) is 12.2 Å². The lowest BCUT2D eigenvalue weighted by molar-refractivity contribution is -0.388. The normalized spacial score (nSPS) is 29.0. The lowest BCUT2D eigenvalue weighted by atomic mass is 9.77. The van der Waals surface area contributed by atoms with Gasteiger partial charge in [-0.1, -0.05) is 19.1 Å². The van der Waals surface area contributed by atoms with Gasteiger partial charge in [0.15, 0.2) is 0 Å². The average Bonchev–Trinajstić information content (AvgIpc) is 2.94. The van der Waals surface area contributed by atoms with Crippen LogP contribution in [-0.4, -0.2) is 23.9 Å². The number of hydrogen-bond donors (Lipinski definition) is 0. The number of fused-ring (bicyclic) bond motifs is 2. The Morgan fingerprint density at radius 2 is 1.67 bits per heavy atom. The molecule has 0 N–H and O–H groups in total. The summed E-state index contributed by atoms with van der Waals surface area (Å²) in [5.74, 6) is -4.51. The smallest absolute Gasteiger partial charge is 0.437 e. The van der Waals surface area contributed by atoms with Crippen LogP contribution in [0.25, 0.3) is 0 Å². The van der Waals surface area contributed by atoms with Gasteiger partial charge in [0.25, 0.3) is 0 Å². The van der Waals surface area contributed by atoms with Gasteiger partial charge in [-0.2, -0.15) is 26.3 Å². The summed E-state index contributed by atoms with van der Waals surface area (Å²) < 4.78 is 84.0. The Morgan fingerprint density at radius 3 is 2.00 bits per heavy atom. The van der Waals surface area contributed by atoms with Crippen LogP contribution in [0.5, 0.6) is 0 Å². The van der Waals surface area contributed by atoms with Crippen molar-refractivity contribution >= 4 is 5.97 Å². The molecule has 0 saturated heterocycles. The Hall–Kier alpha value is -1.21. The number of alkyl halides is 6. The minimum Gasteiger partial charge on any atom is -0.439 e. The van der Waals surface area contributed by atoms with Gasteiger partial charge >= 0.3 is 23.9 Å². The van der Waals surface area contributed by atoms with Gasteiger partial charge in [-0.15, -0.1) is 0 Å². The van der Waals surface area contributed by atoms with Gasteiger partial charge in [0.1, 0.15) is 0 Å². The molecule has 3 unspecified atom stereocenters. The highest BCUT2D eigenvalue weighted by Crippen LogP contribution is 2.59. The zero-order valence-corrected chi connectivity index (χ0v) is 11.1. The molecule has 2 nitrogen and oxygen atoms in total. The van der Waals surface area contributed by atoms with Gasteiger partial charge in [-0.25, -0.2) is 0 Å². The highest BCUT2D eigenvalue weighted by molar-refractivity contribution is 5.69. The van der Waals surface area contributed by atoms with Crippen LogP contribution in [-0.2, 0) is 9.53 Å². The molecule has 0 amide bonds. The number of esters is 1. The highest BCUT2D eigenvalue weighted by Gasteiger charge is 2.79. The van der Waals surface area contributed by atoms with Crippen LogP contribution in [0, 0.1) is 17.8 Å². The fourth-order valence-electron chi connectivity index (χ4n) is 3.27. The van der Waals surface area contributed by atoms with Crippen molar-refractivity contribution in [2.75, 3.05) is 0 Å². The predicted molar refractivity (Wildman–Crippen MR) is 60.1 cm³/mol. The monoisotopic (exact) mass is 316 g/mol. The number of allylic oxidation sites excluding steroid dienone is 2. The summed E-state index contributed by atoms with van der Waals surface area (Å²) in [6.45, 7) is 1.15. The molecule has 120 valence electrons. The van der Waals surface area contributed by atoms with Crippen molar-refractivity contribution in [2.24, 2.45) is 17.8 Å². The van der Waals surface area contributed by atoms with E-state index in [2.05, 4.69) is 4.74 Å². The molecule has 2 rings (SSSR count). The van der Waals surface area contributed by atoms with Gasteiger partial charge in [-0.05, 0) is 24.7 Å². The molecule has 0 heterocycles. The second-order valence-corrected chi connectivity index (χ2v) is 5.45. The lowest BCUT2D eigenvalue weighted by Crippen LogP contribution is -2.65. The van der Waals surface area contributed by atoms with Crippen LogP contribution in [0.1, 0.15) is 26.2 Å². The maximum absolute atomic E-state index is 13.3. The maximum atomic E-state index is 13.3. The predicted octanol–water partition coefficient (Wildman–Crippen LogP) is 4.02. The van der Waals surface area contributed by atoms with Gasteiger partial charge < -0.3 is 4.74 Å². The van der Waals surface area contributed by atoms with Crippen molar-refractivity contribution in [3.8, 4) is 0 Å². The zero-order valence-electron chi connectivity index (χ0n) is 11.1. The Labute approximate surface area is 117 Å². The minimum atomic E-state index is -5.71. The van der Waals surface area contributed by atoms with E-state index in [0.717, 1.165) is 6.92 Å². The fraction of sp³-hybridized carbons (Fsp3) is 0.769. The number of hydrogen-bond acceptors (Lipinski definition) is 2. The number of carbonyl (C=O) groups is 1. The van der Waals surface area contributed by atoms with Crippen molar-refractivity contribution in [1.82, 2.24) is 0 Å². The summed E-state index contributed by atoms with van der Waals surface area (Å²) in [4.78, 5) is 11.2. The van der Waals surface area contributed by atoms with Crippen LogP contribution in [0.15, 0.2) is 12.2 Å². The molecular weight excluding hydrogens is 302 g/mol. The van der Waals surface area contributed by atoms with Crippen molar-refractivity contribution in [1.29, 1.82) is 0 Å². The van der Waals surface area contributed by atoms with Gasteiger partial charge in [0.2, 0.25) is 0 Å². The standard InChI is InChI=1S/C13H14F6O2/c1-2-10(20)21-11(12(14,15)16,13(17,18)19)9-6-7-3-4-8(9)5-7/h3-4,7-9H,2,5-6H2,1H3. The molecule has 0 spiro atoms. The van der Waals surface area contributed by atoms with Crippen molar-refractivity contribution < 1.29 is 35.9 Å². The molecule has 0 aromatic heterocycles. The number of ether oxygens (including phenoxy) is 1. The first-order valence-electron chi connectivity index (χ1n) is 6.56. The van der Waals surface area contributed by atoms with E-state index in [1.165, 1.54) is 6.08 Å². The van der Waals surface area contributed by atoms with Crippen LogP contribution >= 0.6 is 0 Å². The molecular formula is C13H14F6O2. The van der Waals surface area contributed by atoms with E-state index in [1.807, 2.05) is 0 Å². The van der Waals surface area contributed by atoms with E-state index in [-0.39, 0.29) is 18.8 Å². The summed E-state index contributed by atoms with van der Waals surface area (Å²) in [5, 5.41) is 0. The summed E-state index contributed by atoms with van der Waals surface area (Å²) in [7, 11) is 0. The van der Waals surface area contributed by atoms with E-state index in [4.69, 9.17) is 0 Å². The molecule has 3 atom stereocenters. The highest BCUT2D eigenvalue weighted by atomic mass is 19.4. The van der Waals surface area contributed by atoms with Crippen molar-refractivity contribution in [2.45, 2.75) is 44.1 Å². The van der Waals surface area contributed by atoms with Crippen molar-refractivity contribution in [3.63, 3.8) is 0 Å². The third-order valence-corrected chi connectivity index (χ3v) is 4.21. The largest absolute Gasteiger partial charge is 0.439 e. The molecule has 2 aliphatic carbocycles. The molecule has 0 aromatic rings. The summed E-state index contributed by atoms with van der Waals surface area (Å²) in [5.41, 5.74) is -4.42. The van der Waals surface area contributed by atoms with Crippen LogP contribution in [0.3, 0.4) is 0 Å². The quantitative estimate of drug-likeness (QED) is 0.447.